The molecule has 11 heteroatoms. The SMILES string of the molecule is CCOc1cc(/C=C/C(=O)OCCCCCC[Si](OCC)(OCC)OCC)ccc1OC(=O)c1ccc(OC)c(OC)c1. The van der Waals surface area contributed by atoms with Crippen LogP contribution in [0, 0.1) is 0 Å². The van der Waals surface area contributed by atoms with Crippen LogP contribution in [0.15, 0.2) is 42.5 Å². The van der Waals surface area contributed by atoms with E-state index in [4.69, 9.17) is 37.0 Å². The van der Waals surface area contributed by atoms with E-state index in [2.05, 4.69) is 0 Å². The second kappa shape index (κ2) is 19.7. The molecule has 0 spiro atoms. The fourth-order valence-electron chi connectivity index (χ4n) is 4.29. The highest BCUT2D eigenvalue weighted by molar-refractivity contribution is 6.60. The van der Waals surface area contributed by atoms with Gasteiger partial charge in [-0.2, -0.15) is 0 Å². The first-order chi connectivity index (χ1) is 20.8. The molecule has 0 aliphatic carbocycles. The Labute approximate surface area is 256 Å². The summed E-state index contributed by atoms with van der Waals surface area (Å²) < 4.78 is 44.8. The van der Waals surface area contributed by atoms with E-state index < -0.39 is 20.7 Å². The number of rotatable bonds is 21. The number of benzene rings is 2. The third-order valence-corrected chi connectivity index (χ3v) is 9.37. The number of carbonyl (C=O) groups excluding carboxylic acids is 2. The first kappa shape index (κ1) is 35.8. The van der Waals surface area contributed by atoms with Crippen LogP contribution in [0.4, 0.5) is 0 Å². The van der Waals surface area contributed by atoms with Gasteiger partial charge in [-0.3, -0.25) is 0 Å². The van der Waals surface area contributed by atoms with E-state index in [0.717, 1.165) is 31.7 Å². The van der Waals surface area contributed by atoms with Crippen molar-refractivity contribution in [2.45, 2.75) is 59.4 Å². The van der Waals surface area contributed by atoms with Crippen molar-refractivity contribution in [2.24, 2.45) is 0 Å². The smallest absolute Gasteiger partial charge is 0.493 e. The lowest BCUT2D eigenvalue weighted by atomic mass is 10.1. The van der Waals surface area contributed by atoms with Gasteiger partial charge < -0.3 is 37.0 Å². The summed E-state index contributed by atoms with van der Waals surface area (Å²) in [6.45, 7) is 10.1. The average Bonchev–Trinajstić information content (AvgIpc) is 3.00. The molecule has 0 unspecified atom stereocenters. The van der Waals surface area contributed by atoms with E-state index in [0.29, 0.717) is 61.4 Å². The van der Waals surface area contributed by atoms with Crippen LogP contribution in [-0.2, 0) is 22.8 Å². The molecule has 0 aliphatic rings. The second-order valence-corrected chi connectivity index (χ2v) is 12.0. The van der Waals surface area contributed by atoms with Gasteiger partial charge in [0.05, 0.1) is 33.0 Å². The molecule has 0 fully saturated rings. The number of hydrogen-bond acceptors (Lipinski definition) is 10. The normalized spacial score (nSPS) is 11.4. The van der Waals surface area contributed by atoms with Crippen molar-refractivity contribution in [3.63, 3.8) is 0 Å². The van der Waals surface area contributed by atoms with Crippen LogP contribution >= 0.6 is 0 Å². The fraction of sp³-hybridized carbons (Fsp3) is 0.500. The number of methoxy groups -OCH3 is 2. The van der Waals surface area contributed by atoms with Crippen molar-refractivity contribution in [1.29, 1.82) is 0 Å². The summed E-state index contributed by atoms with van der Waals surface area (Å²) in [5.41, 5.74) is 0.986. The van der Waals surface area contributed by atoms with Crippen LogP contribution < -0.4 is 18.9 Å². The molecule has 2 aromatic carbocycles. The number of unbranched alkanes of at least 4 members (excludes halogenated alkanes) is 3. The van der Waals surface area contributed by atoms with Crippen LogP contribution in [0.2, 0.25) is 6.04 Å². The molecule has 43 heavy (non-hydrogen) atoms. The van der Waals surface area contributed by atoms with Crippen molar-refractivity contribution >= 4 is 26.8 Å². The quantitative estimate of drug-likeness (QED) is 0.0507. The summed E-state index contributed by atoms with van der Waals surface area (Å²) in [5, 5.41) is 0. The molecule has 0 aliphatic heterocycles. The third kappa shape index (κ3) is 12.0. The molecule has 0 amide bonds. The Morgan fingerprint density at radius 2 is 1.37 bits per heavy atom. The minimum Gasteiger partial charge on any atom is -0.493 e. The lowest BCUT2D eigenvalue weighted by Gasteiger charge is -2.28. The summed E-state index contributed by atoms with van der Waals surface area (Å²) in [7, 11) is 0.406. The standard InChI is InChI=1S/C32H46O10Si/c1-7-37-30-23-25(15-18-28(30)42-32(34)26-17-19-27(35-5)29(24-26)36-6)16-20-31(33)38-21-13-11-12-14-22-43(39-8-2,40-9-3)41-10-4/h15-20,23-24H,7-14,21-22H2,1-6H3/b20-16+. The second-order valence-electron chi connectivity index (χ2n) is 9.25. The average molecular weight is 619 g/mol. The van der Waals surface area contributed by atoms with Crippen LogP contribution in [0.3, 0.4) is 0 Å². The fourth-order valence-corrected chi connectivity index (χ4v) is 6.97. The Balaban J connectivity index is 1.85. The number of hydrogen-bond donors (Lipinski definition) is 0. The van der Waals surface area contributed by atoms with E-state index >= 15 is 0 Å². The first-order valence-electron chi connectivity index (χ1n) is 14.8. The molecule has 0 saturated carbocycles. The van der Waals surface area contributed by atoms with E-state index in [1.165, 1.54) is 20.3 Å². The Hall–Kier alpha value is -3.38. The number of esters is 2. The van der Waals surface area contributed by atoms with E-state index in [1.807, 2.05) is 27.7 Å². The van der Waals surface area contributed by atoms with Crippen LogP contribution in [0.5, 0.6) is 23.0 Å². The summed E-state index contributed by atoms with van der Waals surface area (Å²) in [6, 6.07) is 10.6. The van der Waals surface area contributed by atoms with Gasteiger partial charge in [0.15, 0.2) is 23.0 Å². The maximum absolute atomic E-state index is 12.8. The summed E-state index contributed by atoms with van der Waals surface area (Å²) in [5.74, 6) is 0.539. The molecule has 0 radical (unpaired) electrons. The van der Waals surface area contributed by atoms with Gasteiger partial charge in [-0.1, -0.05) is 18.9 Å². The monoisotopic (exact) mass is 618 g/mol. The molecule has 0 aromatic heterocycles. The van der Waals surface area contributed by atoms with Gasteiger partial charge in [0.2, 0.25) is 0 Å². The van der Waals surface area contributed by atoms with Crippen molar-refractivity contribution in [3.05, 3.63) is 53.6 Å². The number of ether oxygens (including phenoxy) is 5. The minimum atomic E-state index is -2.61. The van der Waals surface area contributed by atoms with Crippen molar-refractivity contribution in [2.75, 3.05) is 47.3 Å². The van der Waals surface area contributed by atoms with Gasteiger partial charge in [0.1, 0.15) is 0 Å². The van der Waals surface area contributed by atoms with Crippen molar-refractivity contribution in [1.82, 2.24) is 0 Å². The Bertz CT molecular complexity index is 1150. The van der Waals surface area contributed by atoms with Gasteiger partial charge in [-0.25, -0.2) is 9.59 Å². The van der Waals surface area contributed by atoms with Crippen LogP contribution in [0.25, 0.3) is 6.08 Å². The number of carbonyl (C=O) groups is 2. The van der Waals surface area contributed by atoms with E-state index in [-0.39, 0.29) is 5.75 Å². The largest absolute Gasteiger partial charge is 0.500 e. The molecule has 2 aromatic rings. The summed E-state index contributed by atoms with van der Waals surface area (Å²) >= 11 is 0. The molecule has 0 heterocycles. The lowest BCUT2D eigenvalue weighted by Crippen LogP contribution is -2.45. The van der Waals surface area contributed by atoms with Crippen molar-refractivity contribution < 1.29 is 46.6 Å². The predicted molar refractivity (Wildman–Crippen MR) is 166 cm³/mol. The molecule has 0 bridgehead atoms. The zero-order valence-corrected chi connectivity index (χ0v) is 27.3. The molecular formula is C32H46O10Si. The molecule has 238 valence electrons. The highest BCUT2D eigenvalue weighted by Gasteiger charge is 2.39. The Kier molecular flexibility index (Phi) is 16.4. The van der Waals surface area contributed by atoms with Gasteiger partial charge in [0, 0.05) is 31.9 Å². The maximum atomic E-state index is 12.8. The maximum Gasteiger partial charge on any atom is 0.500 e. The Morgan fingerprint density at radius 3 is 2.00 bits per heavy atom. The Morgan fingerprint density at radius 1 is 0.721 bits per heavy atom. The zero-order chi connectivity index (χ0) is 31.5. The van der Waals surface area contributed by atoms with Gasteiger partial charge in [-0.15, -0.1) is 0 Å². The van der Waals surface area contributed by atoms with Gasteiger partial charge >= 0.3 is 20.7 Å². The topological polar surface area (TPSA) is 108 Å². The molecule has 0 N–H and O–H groups in total. The zero-order valence-electron chi connectivity index (χ0n) is 26.3. The highest BCUT2D eigenvalue weighted by Crippen LogP contribution is 2.32. The molecule has 2 rings (SSSR count). The summed E-state index contributed by atoms with van der Waals surface area (Å²) in [4.78, 5) is 25.0. The van der Waals surface area contributed by atoms with Gasteiger partial charge in [0.25, 0.3) is 0 Å². The minimum absolute atomic E-state index is 0.255. The highest BCUT2D eigenvalue weighted by atomic mass is 28.4. The van der Waals surface area contributed by atoms with Gasteiger partial charge in [-0.05, 0) is 82.5 Å². The summed E-state index contributed by atoms with van der Waals surface area (Å²) in [6.07, 6.45) is 6.59. The van der Waals surface area contributed by atoms with Crippen LogP contribution in [0.1, 0.15) is 69.3 Å². The van der Waals surface area contributed by atoms with Crippen LogP contribution in [-0.4, -0.2) is 68.0 Å². The van der Waals surface area contributed by atoms with E-state index in [9.17, 15) is 9.59 Å². The lowest BCUT2D eigenvalue weighted by molar-refractivity contribution is -0.137. The predicted octanol–water partition coefficient (Wildman–Crippen LogP) is 6.49. The third-order valence-electron chi connectivity index (χ3n) is 6.22. The first-order valence-corrected chi connectivity index (χ1v) is 16.8. The van der Waals surface area contributed by atoms with E-state index in [1.54, 1.807) is 42.5 Å². The molecule has 0 atom stereocenters. The molecule has 10 nitrogen and oxygen atoms in total. The van der Waals surface area contributed by atoms with Crippen molar-refractivity contribution in [3.8, 4) is 23.0 Å². The molecular weight excluding hydrogens is 572 g/mol. The molecule has 0 saturated heterocycles.